The molecule has 1 atom stereocenters. The fourth-order valence-corrected chi connectivity index (χ4v) is 3.27. The van der Waals surface area contributed by atoms with Crippen molar-refractivity contribution in [3.63, 3.8) is 0 Å². The topological polar surface area (TPSA) is 83.6 Å². The Morgan fingerprint density at radius 2 is 2.09 bits per heavy atom. The van der Waals surface area contributed by atoms with E-state index in [0.29, 0.717) is 12.2 Å². The highest BCUT2D eigenvalue weighted by molar-refractivity contribution is 5.90. The molecule has 22 heavy (non-hydrogen) atoms. The van der Waals surface area contributed by atoms with Crippen LogP contribution in [0.15, 0.2) is 24.3 Å². The summed E-state index contributed by atoms with van der Waals surface area (Å²) in [4.78, 5) is 15.4. The SMILES string of the molecule is COC(CC1(C(=O)O)NCCc2c1[nH]c1ccccc21)OC. The molecule has 3 N–H and O–H groups in total. The van der Waals surface area contributed by atoms with Crippen LogP contribution in [0, 0.1) is 0 Å². The Hall–Kier alpha value is -1.89. The summed E-state index contributed by atoms with van der Waals surface area (Å²) in [6.45, 7) is 0.599. The van der Waals surface area contributed by atoms with Crippen LogP contribution < -0.4 is 5.32 Å². The molecule has 1 aromatic heterocycles. The maximum absolute atomic E-state index is 12.1. The first kappa shape index (κ1) is 15.0. The van der Waals surface area contributed by atoms with Gasteiger partial charge in [0.25, 0.3) is 0 Å². The molecule has 0 amide bonds. The third-order valence-corrected chi connectivity index (χ3v) is 4.41. The van der Waals surface area contributed by atoms with Gasteiger partial charge in [-0.1, -0.05) is 18.2 Å². The Balaban J connectivity index is 2.15. The highest BCUT2D eigenvalue weighted by Crippen LogP contribution is 2.37. The number of aromatic amines is 1. The van der Waals surface area contributed by atoms with Crippen molar-refractivity contribution in [1.29, 1.82) is 0 Å². The summed E-state index contributed by atoms with van der Waals surface area (Å²) in [5.41, 5.74) is 1.48. The number of ether oxygens (including phenoxy) is 2. The van der Waals surface area contributed by atoms with Crippen LogP contribution in [0.2, 0.25) is 0 Å². The van der Waals surface area contributed by atoms with Crippen molar-refractivity contribution in [3.8, 4) is 0 Å². The lowest BCUT2D eigenvalue weighted by molar-refractivity contribution is -0.158. The molecule has 1 aliphatic rings. The number of hydrogen-bond acceptors (Lipinski definition) is 4. The largest absolute Gasteiger partial charge is 0.480 e. The van der Waals surface area contributed by atoms with Gasteiger partial charge in [0.15, 0.2) is 11.8 Å². The van der Waals surface area contributed by atoms with Crippen LogP contribution in [0.25, 0.3) is 10.9 Å². The summed E-state index contributed by atoms with van der Waals surface area (Å²) in [7, 11) is 3.03. The van der Waals surface area contributed by atoms with E-state index in [1.807, 2.05) is 24.3 Å². The molecule has 3 rings (SSSR count). The van der Waals surface area contributed by atoms with Crippen molar-refractivity contribution in [2.75, 3.05) is 20.8 Å². The molecule has 1 unspecified atom stereocenters. The average molecular weight is 304 g/mol. The van der Waals surface area contributed by atoms with Gasteiger partial charge in [0, 0.05) is 38.1 Å². The van der Waals surface area contributed by atoms with Crippen molar-refractivity contribution in [2.45, 2.75) is 24.7 Å². The van der Waals surface area contributed by atoms with E-state index in [1.54, 1.807) is 0 Å². The minimum Gasteiger partial charge on any atom is -0.480 e. The molecule has 2 aromatic rings. The minimum absolute atomic E-state index is 0.190. The van der Waals surface area contributed by atoms with E-state index in [9.17, 15) is 9.90 Å². The van der Waals surface area contributed by atoms with Crippen LogP contribution in [0.3, 0.4) is 0 Å². The number of methoxy groups -OCH3 is 2. The second kappa shape index (κ2) is 5.72. The van der Waals surface area contributed by atoms with E-state index in [-0.39, 0.29) is 6.42 Å². The number of hydrogen-bond donors (Lipinski definition) is 3. The molecule has 6 heteroatoms. The second-order valence-corrected chi connectivity index (χ2v) is 5.52. The van der Waals surface area contributed by atoms with Gasteiger partial charge in [0.05, 0.1) is 5.69 Å². The molecule has 0 bridgehead atoms. The molecule has 118 valence electrons. The molecule has 1 aromatic carbocycles. The number of rotatable bonds is 5. The van der Waals surface area contributed by atoms with Crippen LogP contribution in [0.4, 0.5) is 0 Å². The molecular formula is C16H20N2O4. The van der Waals surface area contributed by atoms with Crippen LogP contribution in [0.5, 0.6) is 0 Å². The first-order valence-electron chi connectivity index (χ1n) is 7.26. The predicted molar refractivity (Wildman–Crippen MR) is 81.7 cm³/mol. The molecule has 0 saturated heterocycles. The molecule has 0 spiro atoms. The standard InChI is InChI=1S/C16H20N2O4/c1-21-13(22-2)9-16(15(19)20)14-11(7-8-17-16)10-5-3-4-6-12(10)18-14/h3-6,13,17-18H,7-9H2,1-2H3,(H,19,20). The first-order chi connectivity index (χ1) is 10.6. The zero-order valence-corrected chi connectivity index (χ0v) is 12.7. The normalized spacial score (nSPS) is 21.2. The summed E-state index contributed by atoms with van der Waals surface area (Å²) in [6, 6.07) is 7.89. The number of nitrogens with one attached hydrogen (secondary N) is 2. The van der Waals surface area contributed by atoms with E-state index >= 15 is 0 Å². The maximum atomic E-state index is 12.1. The molecule has 0 radical (unpaired) electrons. The van der Waals surface area contributed by atoms with E-state index in [4.69, 9.17) is 9.47 Å². The summed E-state index contributed by atoms with van der Waals surface area (Å²) in [6.07, 6.45) is 0.384. The number of fused-ring (bicyclic) bond motifs is 3. The van der Waals surface area contributed by atoms with Gasteiger partial charge >= 0.3 is 5.97 Å². The molecule has 0 saturated carbocycles. The predicted octanol–water partition coefficient (Wildman–Crippen LogP) is 1.60. The summed E-state index contributed by atoms with van der Waals surface area (Å²) in [5.74, 6) is -0.931. The lowest BCUT2D eigenvalue weighted by Gasteiger charge is -2.36. The second-order valence-electron chi connectivity index (χ2n) is 5.52. The van der Waals surface area contributed by atoms with Gasteiger partial charge in [0.2, 0.25) is 0 Å². The molecule has 6 nitrogen and oxygen atoms in total. The van der Waals surface area contributed by atoms with Crippen molar-refractivity contribution < 1.29 is 19.4 Å². The fraction of sp³-hybridized carbons (Fsp3) is 0.438. The molecule has 0 aliphatic carbocycles. The average Bonchev–Trinajstić information content (AvgIpc) is 2.92. The van der Waals surface area contributed by atoms with Crippen molar-refractivity contribution in [3.05, 3.63) is 35.5 Å². The van der Waals surface area contributed by atoms with E-state index < -0.39 is 17.8 Å². The number of benzene rings is 1. The van der Waals surface area contributed by atoms with Crippen LogP contribution in [0.1, 0.15) is 17.7 Å². The highest BCUT2D eigenvalue weighted by Gasteiger charge is 2.47. The molecular weight excluding hydrogens is 284 g/mol. The van der Waals surface area contributed by atoms with Gasteiger partial charge in [-0.2, -0.15) is 0 Å². The third kappa shape index (κ3) is 2.20. The van der Waals surface area contributed by atoms with Gasteiger partial charge in [-0.15, -0.1) is 0 Å². The van der Waals surface area contributed by atoms with Gasteiger partial charge in [0.1, 0.15) is 0 Å². The number of H-pyrrole nitrogens is 1. The van der Waals surface area contributed by atoms with Gasteiger partial charge in [-0.25, -0.2) is 4.79 Å². The smallest absolute Gasteiger partial charge is 0.330 e. The summed E-state index contributed by atoms with van der Waals surface area (Å²) >= 11 is 0. The van der Waals surface area contributed by atoms with E-state index in [0.717, 1.165) is 22.9 Å². The summed E-state index contributed by atoms with van der Waals surface area (Å²) in [5, 5.41) is 14.1. The highest BCUT2D eigenvalue weighted by atomic mass is 16.7. The lowest BCUT2D eigenvalue weighted by Crippen LogP contribution is -2.55. The number of aromatic nitrogens is 1. The molecule has 1 aliphatic heterocycles. The lowest BCUT2D eigenvalue weighted by atomic mass is 9.84. The Bertz CT molecular complexity index is 693. The van der Waals surface area contributed by atoms with Crippen LogP contribution >= 0.6 is 0 Å². The van der Waals surface area contributed by atoms with Crippen LogP contribution in [-0.4, -0.2) is 43.1 Å². The minimum atomic E-state index is -1.23. The quantitative estimate of drug-likeness (QED) is 0.731. The Kier molecular flexibility index (Phi) is 3.90. The maximum Gasteiger partial charge on any atom is 0.330 e. The Labute approximate surface area is 128 Å². The van der Waals surface area contributed by atoms with Gasteiger partial charge in [-0.05, 0) is 18.1 Å². The number of aliphatic carboxylic acids is 1. The number of carboxylic acid groups (broad SMARTS) is 1. The monoisotopic (exact) mass is 304 g/mol. The Morgan fingerprint density at radius 3 is 2.77 bits per heavy atom. The zero-order chi connectivity index (χ0) is 15.7. The first-order valence-corrected chi connectivity index (χ1v) is 7.26. The number of carbonyl (C=O) groups is 1. The van der Waals surface area contributed by atoms with Crippen molar-refractivity contribution >= 4 is 16.9 Å². The fourth-order valence-electron chi connectivity index (χ4n) is 3.27. The molecule has 0 fully saturated rings. The number of carboxylic acids is 1. The van der Waals surface area contributed by atoms with Crippen LogP contribution in [-0.2, 0) is 26.2 Å². The van der Waals surface area contributed by atoms with Crippen molar-refractivity contribution in [1.82, 2.24) is 10.3 Å². The van der Waals surface area contributed by atoms with E-state index in [1.165, 1.54) is 14.2 Å². The zero-order valence-electron chi connectivity index (χ0n) is 12.7. The summed E-state index contributed by atoms with van der Waals surface area (Å²) < 4.78 is 10.5. The Morgan fingerprint density at radius 1 is 1.36 bits per heavy atom. The number of para-hydroxylation sites is 1. The van der Waals surface area contributed by atoms with Gasteiger partial charge in [-0.3, -0.25) is 5.32 Å². The van der Waals surface area contributed by atoms with Crippen molar-refractivity contribution in [2.24, 2.45) is 0 Å². The third-order valence-electron chi connectivity index (χ3n) is 4.41. The van der Waals surface area contributed by atoms with E-state index in [2.05, 4.69) is 10.3 Å². The molecule has 2 heterocycles. The van der Waals surface area contributed by atoms with Gasteiger partial charge < -0.3 is 19.6 Å².